The fourth-order valence-corrected chi connectivity index (χ4v) is 2.35. The zero-order valence-electron chi connectivity index (χ0n) is 11.5. The number of methoxy groups -OCH3 is 1. The standard InChI is InChI=1S/C13H11F3N2O4/c1-6-10(11(12(19)22-2)13(14,15)16)8-5-7(18(20)21)3-4-9(8)17-6/h3-5,11,17H,1-2H3. The van der Waals surface area contributed by atoms with Crippen LogP contribution in [-0.4, -0.2) is 29.2 Å². The maximum atomic E-state index is 13.2. The van der Waals surface area contributed by atoms with E-state index in [0.717, 1.165) is 13.2 Å². The fraction of sp³-hybridized carbons (Fsp3) is 0.308. The van der Waals surface area contributed by atoms with Crippen LogP contribution < -0.4 is 0 Å². The van der Waals surface area contributed by atoms with E-state index in [-0.39, 0.29) is 27.8 Å². The number of ether oxygens (including phenoxy) is 1. The molecule has 1 heterocycles. The van der Waals surface area contributed by atoms with Crippen LogP contribution in [0, 0.1) is 17.0 Å². The first-order valence-electron chi connectivity index (χ1n) is 6.08. The Kier molecular flexibility index (Phi) is 3.82. The highest BCUT2D eigenvalue weighted by atomic mass is 19.4. The molecule has 0 amide bonds. The lowest BCUT2D eigenvalue weighted by Gasteiger charge is -2.18. The van der Waals surface area contributed by atoms with Crippen molar-refractivity contribution in [2.24, 2.45) is 0 Å². The Hall–Kier alpha value is -2.58. The van der Waals surface area contributed by atoms with Crippen molar-refractivity contribution < 1.29 is 27.6 Å². The third-order valence-electron chi connectivity index (χ3n) is 3.28. The molecule has 6 nitrogen and oxygen atoms in total. The normalized spacial score (nSPS) is 13.1. The van der Waals surface area contributed by atoms with Crippen molar-refractivity contribution in [3.63, 3.8) is 0 Å². The molecule has 0 bridgehead atoms. The SMILES string of the molecule is COC(=O)C(c1c(C)[nH]c2ccc([N+](=O)[O-])cc12)C(F)(F)F. The summed E-state index contributed by atoms with van der Waals surface area (Å²) in [6.45, 7) is 1.36. The molecule has 0 aliphatic heterocycles. The largest absolute Gasteiger partial charge is 0.468 e. The number of nitrogens with zero attached hydrogens (tertiary/aromatic N) is 1. The van der Waals surface area contributed by atoms with Gasteiger partial charge in [-0.3, -0.25) is 14.9 Å². The molecule has 1 aromatic carbocycles. The van der Waals surface area contributed by atoms with Gasteiger partial charge in [0, 0.05) is 34.3 Å². The molecule has 1 atom stereocenters. The number of carbonyl (C=O) groups excluding carboxylic acids is 1. The number of aryl methyl sites for hydroxylation is 1. The van der Waals surface area contributed by atoms with Crippen LogP contribution >= 0.6 is 0 Å². The third-order valence-corrected chi connectivity index (χ3v) is 3.28. The van der Waals surface area contributed by atoms with Crippen molar-refractivity contribution in [1.29, 1.82) is 0 Å². The highest BCUT2D eigenvalue weighted by Gasteiger charge is 2.49. The van der Waals surface area contributed by atoms with Gasteiger partial charge in [-0.1, -0.05) is 0 Å². The molecule has 1 aromatic heterocycles. The number of alkyl halides is 3. The number of aromatic amines is 1. The molecular weight excluding hydrogens is 305 g/mol. The summed E-state index contributed by atoms with van der Waals surface area (Å²) in [7, 11) is 0.855. The molecule has 0 aliphatic rings. The van der Waals surface area contributed by atoms with Crippen LogP contribution in [0.25, 0.3) is 10.9 Å². The molecule has 2 rings (SSSR count). The second-order valence-electron chi connectivity index (χ2n) is 4.65. The van der Waals surface area contributed by atoms with E-state index in [9.17, 15) is 28.1 Å². The van der Waals surface area contributed by atoms with Gasteiger partial charge in [-0.2, -0.15) is 13.2 Å². The van der Waals surface area contributed by atoms with Gasteiger partial charge < -0.3 is 9.72 Å². The number of hydrogen-bond donors (Lipinski definition) is 1. The molecule has 118 valence electrons. The molecular formula is C13H11F3N2O4. The Bertz CT molecular complexity index is 752. The lowest BCUT2D eigenvalue weighted by molar-refractivity contribution is -0.384. The quantitative estimate of drug-likeness (QED) is 0.535. The van der Waals surface area contributed by atoms with Crippen LogP contribution in [-0.2, 0) is 9.53 Å². The van der Waals surface area contributed by atoms with E-state index in [2.05, 4.69) is 9.72 Å². The van der Waals surface area contributed by atoms with E-state index in [4.69, 9.17) is 0 Å². The van der Waals surface area contributed by atoms with Crippen LogP contribution in [0.15, 0.2) is 18.2 Å². The summed E-state index contributed by atoms with van der Waals surface area (Å²) < 4.78 is 44.0. The Morgan fingerprint density at radius 2 is 2.05 bits per heavy atom. The van der Waals surface area contributed by atoms with Gasteiger partial charge in [-0.05, 0) is 13.0 Å². The molecule has 9 heteroatoms. The third kappa shape index (κ3) is 2.61. The second-order valence-corrected chi connectivity index (χ2v) is 4.65. The van der Waals surface area contributed by atoms with E-state index in [1.54, 1.807) is 0 Å². The van der Waals surface area contributed by atoms with Gasteiger partial charge >= 0.3 is 12.1 Å². The average Bonchev–Trinajstić information content (AvgIpc) is 2.73. The smallest absolute Gasteiger partial charge is 0.406 e. The van der Waals surface area contributed by atoms with Crippen LogP contribution in [0.5, 0.6) is 0 Å². The summed E-state index contributed by atoms with van der Waals surface area (Å²) in [5.74, 6) is -3.98. The van der Waals surface area contributed by atoms with E-state index < -0.39 is 23.0 Å². The Balaban J connectivity index is 2.76. The lowest BCUT2D eigenvalue weighted by Crippen LogP contribution is -2.30. The topological polar surface area (TPSA) is 85.2 Å². The number of non-ortho nitro benzene ring substituents is 1. The molecule has 2 aromatic rings. The van der Waals surface area contributed by atoms with Crippen LogP contribution in [0.4, 0.5) is 18.9 Å². The molecule has 1 unspecified atom stereocenters. The summed E-state index contributed by atoms with van der Waals surface area (Å²) >= 11 is 0. The highest BCUT2D eigenvalue weighted by molar-refractivity contribution is 5.92. The number of rotatable bonds is 3. The number of benzene rings is 1. The molecule has 0 saturated carbocycles. The van der Waals surface area contributed by atoms with Crippen LogP contribution in [0.2, 0.25) is 0 Å². The number of aromatic nitrogens is 1. The predicted octanol–water partition coefficient (Wildman–Crippen LogP) is 3.20. The summed E-state index contributed by atoms with van der Waals surface area (Å²) in [6, 6.07) is 3.48. The minimum atomic E-state index is -4.88. The number of halogens is 3. The number of carbonyl (C=O) groups is 1. The van der Waals surface area contributed by atoms with Gasteiger partial charge in [-0.25, -0.2) is 0 Å². The minimum Gasteiger partial charge on any atom is -0.468 e. The van der Waals surface area contributed by atoms with Crippen molar-refractivity contribution in [1.82, 2.24) is 4.98 Å². The lowest BCUT2D eigenvalue weighted by atomic mass is 9.95. The van der Waals surface area contributed by atoms with Crippen LogP contribution in [0.3, 0.4) is 0 Å². The number of hydrogen-bond acceptors (Lipinski definition) is 4. The van der Waals surface area contributed by atoms with E-state index in [1.807, 2.05) is 0 Å². The molecule has 22 heavy (non-hydrogen) atoms. The monoisotopic (exact) mass is 316 g/mol. The molecule has 0 spiro atoms. The average molecular weight is 316 g/mol. The first-order valence-corrected chi connectivity index (χ1v) is 6.08. The Morgan fingerprint density at radius 1 is 1.41 bits per heavy atom. The Labute approximate surface area is 122 Å². The van der Waals surface area contributed by atoms with Crippen LogP contribution in [0.1, 0.15) is 17.2 Å². The first-order chi connectivity index (χ1) is 10.2. The zero-order chi connectivity index (χ0) is 16.7. The minimum absolute atomic E-state index is 0.0283. The van der Waals surface area contributed by atoms with E-state index in [0.29, 0.717) is 0 Å². The highest BCUT2D eigenvalue weighted by Crippen LogP contribution is 2.41. The van der Waals surface area contributed by atoms with E-state index in [1.165, 1.54) is 19.1 Å². The molecule has 0 radical (unpaired) electrons. The van der Waals surface area contributed by atoms with Gasteiger partial charge in [0.1, 0.15) is 0 Å². The van der Waals surface area contributed by atoms with E-state index >= 15 is 0 Å². The summed E-state index contributed by atoms with van der Waals surface area (Å²) in [6.07, 6.45) is -4.88. The second kappa shape index (κ2) is 5.32. The molecule has 0 fully saturated rings. The summed E-state index contributed by atoms with van der Waals surface area (Å²) in [4.78, 5) is 24.4. The van der Waals surface area contributed by atoms with Gasteiger partial charge in [-0.15, -0.1) is 0 Å². The molecule has 1 N–H and O–H groups in total. The van der Waals surface area contributed by atoms with Crippen molar-refractivity contribution in [3.8, 4) is 0 Å². The summed E-state index contributed by atoms with van der Waals surface area (Å²) in [5, 5.41) is 10.8. The van der Waals surface area contributed by atoms with Gasteiger partial charge in [0.25, 0.3) is 5.69 Å². The van der Waals surface area contributed by atoms with Crippen molar-refractivity contribution in [3.05, 3.63) is 39.6 Å². The van der Waals surface area contributed by atoms with Crippen molar-refractivity contribution in [2.45, 2.75) is 19.0 Å². The molecule has 0 saturated heterocycles. The predicted molar refractivity (Wildman–Crippen MR) is 70.5 cm³/mol. The maximum Gasteiger partial charge on any atom is 0.406 e. The number of nitro groups is 1. The number of esters is 1. The Morgan fingerprint density at radius 3 is 2.55 bits per heavy atom. The first kappa shape index (κ1) is 15.8. The van der Waals surface area contributed by atoms with Gasteiger partial charge in [0.2, 0.25) is 0 Å². The maximum absolute atomic E-state index is 13.2. The molecule has 0 aliphatic carbocycles. The number of nitro benzene ring substituents is 1. The summed E-state index contributed by atoms with van der Waals surface area (Å²) in [5.41, 5.74) is -0.351. The number of nitrogens with one attached hydrogen (secondary N) is 1. The number of fused-ring (bicyclic) bond motifs is 1. The zero-order valence-corrected chi connectivity index (χ0v) is 11.5. The number of H-pyrrole nitrogens is 1. The fourth-order valence-electron chi connectivity index (χ4n) is 2.35. The van der Waals surface area contributed by atoms with Crippen molar-refractivity contribution in [2.75, 3.05) is 7.11 Å². The van der Waals surface area contributed by atoms with Crippen molar-refractivity contribution >= 4 is 22.6 Å². The van der Waals surface area contributed by atoms with Gasteiger partial charge in [0.15, 0.2) is 5.92 Å². The van der Waals surface area contributed by atoms with Gasteiger partial charge in [0.05, 0.1) is 12.0 Å².